The SMILES string of the molecule is Cc1cccc(C)c1B1N(C)c2ccc(-n3c4cc5c(cc4n4c6cccc(C)c6nc34)n3c4cccc(C)c4nc3n5-c3cc(C(C)(C)C)ccn3)cc2-c2nccn21. The minimum Gasteiger partial charge on any atom is -0.394 e. The van der Waals surface area contributed by atoms with Crippen LogP contribution in [-0.2, 0) is 5.41 Å². The fourth-order valence-electron chi connectivity index (χ4n) is 9.96. The molecule has 6 aromatic heterocycles. The number of pyridine rings is 1. The quantitative estimate of drug-likeness (QED) is 0.167. The Labute approximate surface area is 347 Å². The van der Waals surface area contributed by atoms with E-state index >= 15 is 0 Å². The maximum absolute atomic E-state index is 5.43. The van der Waals surface area contributed by atoms with Crippen LogP contribution in [0.3, 0.4) is 0 Å². The molecule has 0 aliphatic carbocycles. The lowest BCUT2D eigenvalue weighted by Crippen LogP contribution is -2.56. The molecule has 0 N–H and O–H groups in total. The Balaban J connectivity index is 1.18. The van der Waals surface area contributed by atoms with Crippen molar-refractivity contribution in [2.75, 3.05) is 11.9 Å². The van der Waals surface area contributed by atoms with Crippen LogP contribution in [0, 0.1) is 27.7 Å². The van der Waals surface area contributed by atoms with Crippen molar-refractivity contribution in [3.63, 3.8) is 0 Å². The molecule has 292 valence electrons. The molecule has 1 aliphatic heterocycles. The van der Waals surface area contributed by atoms with Crippen molar-refractivity contribution >= 4 is 73.8 Å². The number of aromatic nitrogens is 9. The predicted molar refractivity (Wildman–Crippen MR) is 245 cm³/mol. The zero-order valence-corrected chi connectivity index (χ0v) is 35.0. The van der Waals surface area contributed by atoms with E-state index < -0.39 is 0 Å². The minimum absolute atomic E-state index is 0.0213. The van der Waals surface area contributed by atoms with Crippen molar-refractivity contribution in [3.8, 4) is 22.9 Å². The van der Waals surface area contributed by atoms with E-state index in [0.717, 1.165) is 95.4 Å². The summed E-state index contributed by atoms with van der Waals surface area (Å²) in [5, 5.41) is 0. The highest BCUT2D eigenvalue weighted by atomic mass is 15.3. The molecule has 10 nitrogen and oxygen atoms in total. The van der Waals surface area contributed by atoms with Crippen molar-refractivity contribution in [1.29, 1.82) is 0 Å². The van der Waals surface area contributed by atoms with Gasteiger partial charge in [0.25, 0.3) is 0 Å². The van der Waals surface area contributed by atoms with E-state index in [1.165, 1.54) is 22.2 Å². The zero-order chi connectivity index (χ0) is 40.9. The normalized spacial score (nSPS) is 13.3. The van der Waals surface area contributed by atoms with Gasteiger partial charge in [0.2, 0.25) is 11.6 Å². The van der Waals surface area contributed by atoms with E-state index in [9.17, 15) is 0 Å². The second-order valence-electron chi connectivity index (χ2n) is 17.7. The molecule has 7 heterocycles. The highest BCUT2D eigenvalue weighted by molar-refractivity contribution is 6.77. The van der Waals surface area contributed by atoms with E-state index in [1.807, 2.05) is 12.4 Å². The molecule has 0 bridgehead atoms. The van der Waals surface area contributed by atoms with Crippen LogP contribution in [-0.4, -0.2) is 56.4 Å². The fourth-order valence-corrected chi connectivity index (χ4v) is 9.96. The summed E-state index contributed by atoms with van der Waals surface area (Å²) in [6.45, 7) is 15.4. The van der Waals surface area contributed by atoms with Gasteiger partial charge in [-0.3, -0.25) is 17.9 Å². The average molecular weight is 783 g/mol. The van der Waals surface area contributed by atoms with Crippen molar-refractivity contribution < 1.29 is 0 Å². The van der Waals surface area contributed by atoms with Crippen LogP contribution in [0.25, 0.3) is 78.6 Å². The smallest absolute Gasteiger partial charge is 0.394 e. The monoisotopic (exact) mass is 782 g/mol. The molecule has 0 amide bonds. The van der Waals surface area contributed by atoms with Gasteiger partial charge >= 0.3 is 6.98 Å². The summed E-state index contributed by atoms with van der Waals surface area (Å²) < 4.78 is 11.5. The molecule has 0 atom stereocenters. The third-order valence-electron chi connectivity index (χ3n) is 13.0. The fraction of sp³-hybridized carbons (Fsp3) is 0.184. The van der Waals surface area contributed by atoms with Gasteiger partial charge in [0, 0.05) is 29.8 Å². The van der Waals surface area contributed by atoms with Gasteiger partial charge in [0.05, 0.1) is 49.8 Å². The third kappa shape index (κ3) is 4.60. The van der Waals surface area contributed by atoms with Gasteiger partial charge in [-0.15, -0.1) is 0 Å². The molecule has 0 saturated carbocycles. The second kappa shape index (κ2) is 12.0. The third-order valence-corrected chi connectivity index (χ3v) is 13.0. The number of nitrogens with zero attached hydrogens (tertiary/aromatic N) is 10. The molecule has 0 radical (unpaired) electrons. The van der Waals surface area contributed by atoms with Crippen LogP contribution in [0.1, 0.15) is 48.6 Å². The predicted octanol–water partition coefficient (Wildman–Crippen LogP) is 9.66. The van der Waals surface area contributed by atoms with Crippen LogP contribution in [0.2, 0.25) is 0 Å². The van der Waals surface area contributed by atoms with Gasteiger partial charge < -0.3 is 9.29 Å². The van der Waals surface area contributed by atoms with Gasteiger partial charge in [-0.05, 0) is 117 Å². The molecule has 0 saturated heterocycles. The van der Waals surface area contributed by atoms with Crippen molar-refractivity contribution in [3.05, 3.63) is 143 Å². The number of imidazole rings is 5. The number of hydrogen-bond acceptors (Lipinski definition) is 5. The van der Waals surface area contributed by atoms with Crippen molar-refractivity contribution in [1.82, 2.24) is 42.3 Å². The standard InChI is InChI=1S/C49H43BN10/c1-28-12-9-13-29(2)43(28)50-55(8)35-19-18-33(25-34(35)46-52-22-23-56(46)50)57-38-26-41-40(27-39(38)58-36-16-10-14-30(3)44(36)53-47(57)58)59-37-17-11-15-31(4)45(37)54-48(59)60(41)42-24-32(20-21-51-42)49(5,6)7/h9-27H,1-8H3. The van der Waals surface area contributed by atoms with E-state index in [4.69, 9.17) is 19.9 Å². The molecule has 0 spiro atoms. The first kappa shape index (κ1) is 34.9. The Kier molecular flexibility index (Phi) is 6.96. The number of para-hydroxylation sites is 2. The van der Waals surface area contributed by atoms with Crippen LogP contribution in [0.5, 0.6) is 0 Å². The van der Waals surface area contributed by atoms with Crippen LogP contribution < -0.4 is 10.3 Å². The molecule has 12 rings (SSSR count). The molecule has 1 aliphatic rings. The summed E-state index contributed by atoms with van der Waals surface area (Å²) in [4.78, 5) is 23.2. The van der Waals surface area contributed by atoms with E-state index in [0.29, 0.717) is 0 Å². The summed E-state index contributed by atoms with van der Waals surface area (Å²) in [7, 11) is 2.19. The Hall–Kier alpha value is -7.14. The first-order valence-corrected chi connectivity index (χ1v) is 20.7. The Bertz CT molecular complexity index is 3600. The van der Waals surface area contributed by atoms with E-state index in [-0.39, 0.29) is 12.4 Å². The highest BCUT2D eigenvalue weighted by Crippen LogP contribution is 2.41. The maximum atomic E-state index is 5.43. The number of anilines is 1. The minimum atomic E-state index is -0.0614. The Morgan fingerprint density at radius 1 is 0.567 bits per heavy atom. The van der Waals surface area contributed by atoms with E-state index in [2.05, 4.69) is 186 Å². The summed E-state index contributed by atoms with van der Waals surface area (Å²) in [5.74, 6) is 3.46. The number of fused-ring (bicyclic) bond motifs is 13. The topological polar surface area (TPSA) is 78.4 Å². The summed E-state index contributed by atoms with van der Waals surface area (Å²) >= 11 is 0. The second-order valence-corrected chi connectivity index (χ2v) is 17.7. The number of rotatable bonds is 3. The van der Waals surface area contributed by atoms with Crippen LogP contribution in [0.4, 0.5) is 5.69 Å². The van der Waals surface area contributed by atoms with Gasteiger partial charge in [0.15, 0.2) is 0 Å². The molecule has 0 fully saturated rings. The van der Waals surface area contributed by atoms with Crippen LogP contribution >= 0.6 is 0 Å². The van der Waals surface area contributed by atoms with Gasteiger partial charge in [-0.2, -0.15) is 0 Å². The first-order valence-electron chi connectivity index (χ1n) is 20.7. The summed E-state index contributed by atoms with van der Waals surface area (Å²) in [5.41, 5.74) is 18.7. The lowest BCUT2D eigenvalue weighted by atomic mass is 9.60. The molecule has 60 heavy (non-hydrogen) atoms. The van der Waals surface area contributed by atoms with Gasteiger partial charge in [-0.1, -0.05) is 74.4 Å². The molecular weight excluding hydrogens is 739 g/mol. The zero-order valence-electron chi connectivity index (χ0n) is 35.0. The lowest BCUT2D eigenvalue weighted by Gasteiger charge is -2.36. The molecular formula is C49H43BN10. The van der Waals surface area contributed by atoms with Crippen molar-refractivity contribution in [2.24, 2.45) is 0 Å². The molecule has 5 aromatic carbocycles. The average Bonchev–Trinajstić information content (AvgIpc) is 4.05. The van der Waals surface area contributed by atoms with Crippen LogP contribution in [0.15, 0.2) is 116 Å². The molecule has 0 unspecified atom stereocenters. The van der Waals surface area contributed by atoms with Gasteiger partial charge in [0.1, 0.15) is 11.6 Å². The lowest BCUT2D eigenvalue weighted by molar-refractivity contribution is 0.588. The van der Waals surface area contributed by atoms with Gasteiger partial charge in [-0.25, -0.2) is 19.9 Å². The van der Waals surface area contributed by atoms with Crippen molar-refractivity contribution in [2.45, 2.75) is 53.9 Å². The molecule has 11 aromatic rings. The first-order chi connectivity index (χ1) is 29.0. The van der Waals surface area contributed by atoms with E-state index in [1.54, 1.807) is 0 Å². The number of hydrogen-bond donors (Lipinski definition) is 0. The molecule has 11 heteroatoms. The maximum Gasteiger partial charge on any atom is 0.417 e. The number of aryl methyl sites for hydroxylation is 4. The summed E-state index contributed by atoms with van der Waals surface area (Å²) in [6.07, 6.45) is 5.96. The Morgan fingerprint density at radius 2 is 1.17 bits per heavy atom. The number of benzene rings is 5. The largest absolute Gasteiger partial charge is 0.417 e. The highest BCUT2D eigenvalue weighted by Gasteiger charge is 2.37. The Morgan fingerprint density at radius 3 is 1.83 bits per heavy atom. The summed E-state index contributed by atoms with van der Waals surface area (Å²) in [6, 6.07) is 35.2.